The minimum absolute atomic E-state index is 0.0264. The molecule has 3 rings (SSSR count). The Bertz CT molecular complexity index is 576. The second-order valence-corrected chi connectivity index (χ2v) is 8.10. The molecule has 2 aliphatic rings. The molecule has 1 aromatic rings. The Balaban J connectivity index is 1.39. The fourth-order valence-electron chi connectivity index (χ4n) is 3.09. The van der Waals surface area contributed by atoms with Gasteiger partial charge in [0.2, 0.25) is 5.91 Å². The van der Waals surface area contributed by atoms with Crippen LogP contribution in [-0.2, 0) is 17.8 Å². The van der Waals surface area contributed by atoms with E-state index in [9.17, 15) is 4.79 Å². The summed E-state index contributed by atoms with van der Waals surface area (Å²) in [4.78, 5) is 14.5. The van der Waals surface area contributed by atoms with Crippen LogP contribution in [0, 0.1) is 5.41 Å². The lowest BCUT2D eigenvalue weighted by molar-refractivity contribution is -0.125. The van der Waals surface area contributed by atoms with E-state index in [-0.39, 0.29) is 5.91 Å². The quantitative estimate of drug-likeness (QED) is 0.659. The van der Waals surface area contributed by atoms with Crippen molar-refractivity contribution >= 4 is 29.1 Å². The number of nitrogens with one attached hydrogen (secondary N) is 1. The molecule has 1 atom stereocenters. The molecular formula is C17H22Cl2N2O. The van der Waals surface area contributed by atoms with Crippen molar-refractivity contribution in [3.8, 4) is 0 Å². The molecule has 0 bridgehead atoms. The third kappa shape index (κ3) is 3.12. The summed E-state index contributed by atoms with van der Waals surface area (Å²) in [5, 5.41) is 2.96. The minimum Gasteiger partial charge on any atom is -0.355 e. The van der Waals surface area contributed by atoms with Gasteiger partial charge in [-0.3, -0.25) is 9.69 Å². The third-order valence-corrected chi connectivity index (χ3v) is 6.01. The molecule has 22 heavy (non-hydrogen) atoms. The van der Waals surface area contributed by atoms with Crippen molar-refractivity contribution in [3.05, 3.63) is 35.4 Å². The van der Waals surface area contributed by atoms with E-state index < -0.39 is 9.75 Å². The SMILES string of the molecule is C[C@]1(C(=O)NCCCN2CCc3ccccc3C2)CC1(Cl)Cl. The number of rotatable bonds is 5. The zero-order valence-corrected chi connectivity index (χ0v) is 14.4. The van der Waals surface area contributed by atoms with E-state index in [1.54, 1.807) is 0 Å². The molecule has 1 fully saturated rings. The van der Waals surface area contributed by atoms with Crippen LogP contribution in [0.2, 0.25) is 0 Å². The zero-order chi connectivity index (χ0) is 15.8. The van der Waals surface area contributed by atoms with E-state index in [4.69, 9.17) is 23.2 Å². The highest BCUT2D eigenvalue weighted by Gasteiger charge is 2.67. The monoisotopic (exact) mass is 340 g/mol. The van der Waals surface area contributed by atoms with Gasteiger partial charge in [-0.15, -0.1) is 23.2 Å². The molecular weight excluding hydrogens is 319 g/mol. The van der Waals surface area contributed by atoms with E-state index in [1.165, 1.54) is 11.1 Å². The number of hydrogen-bond donors (Lipinski definition) is 1. The number of halogens is 2. The van der Waals surface area contributed by atoms with E-state index in [1.807, 2.05) is 6.92 Å². The summed E-state index contributed by atoms with van der Waals surface area (Å²) in [7, 11) is 0. The fourth-order valence-corrected chi connectivity index (χ4v) is 3.80. The maximum atomic E-state index is 12.1. The molecule has 120 valence electrons. The molecule has 0 saturated heterocycles. The fraction of sp³-hybridized carbons (Fsp3) is 0.588. The topological polar surface area (TPSA) is 32.3 Å². The van der Waals surface area contributed by atoms with E-state index in [0.29, 0.717) is 13.0 Å². The van der Waals surface area contributed by atoms with Gasteiger partial charge in [-0.2, -0.15) is 0 Å². The van der Waals surface area contributed by atoms with Crippen LogP contribution in [0.3, 0.4) is 0 Å². The summed E-state index contributed by atoms with van der Waals surface area (Å²) in [6.07, 6.45) is 2.60. The van der Waals surface area contributed by atoms with Gasteiger partial charge in [0.05, 0.1) is 5.41 Å². The number of carbonyl (C=O) groups excluding carboxylic acids is 1. The summed E-state index contributed by atoms with van der Waals surface area (Å²) >= 11 is 12.0. The first-order valence-corrected chi connectivity index (χ1v) is 8.63. The number of benzene rings is 1. The number of carbonyl (C=O) groups is 1. The Morgan fingerprint density at radius 1 is 1.32 bits per heavy atom. The summed E-state index contributed by atoms with van der Waals surface area (Å²) in [5.41, 5.74) is 2.28. The van der Waals surface area contributed by atoms with Gasteiger partial charge >= 0.3 is 0 Å². The Hall–Kier alpha value is -0.770. The molecule has 1 heterocycles. The number of hydrogen-bond acceptors (Lipinski definition) is 2. The van der Waals surface area contributed by atoms with Crippen LogP contribution in [0.5, 0.6) is 0 Å². The molecule has 1 amide bonds. The van der Waals surface area contributed by atoms with E-state index in [0.717, 1.165) is 32.5 Å². The number of nitrogens with zero attached hydrogens (tertiary/aromatic N) is 1. The van der Waals surface area contributed by atoms with Gasteiger partial charge in [0.1, 0.15) is 4.33 Å². The molecule has 0 aromatic heterocycles. The first kappa shape index (κ1) is 16.1. The third-order valence-electron chi connectivity index (χ3n) is 4.91. The van der Waals surface area contributed by atoms with Crippen molar-refractivity contribution in [2.45, 2.75) is 37.1 Å². The summed E-state index contributed by atoms with van der Waals surface area (Å²) < 4.78 is -0.881. The minimum atomic E-state index is -0.881. The summed E-state index contributed by atoms with van der Waals surface area (Å²) in [5.74, 6) is -0.0264. The first-order valence-electron chi connectivity index (χ1n) is 7.88. The van der Waals surface area contributed by atoms with Gasteiger partial charge in [-0.1, -0.05) is 24.3 Å². The second kappa shape index (κ2) is 6.03. The van der Waals surface area contributed by atoms with Crippen LogP contribution in [0.25, 0.3) is 0 Å². The van der Waals surface area contributed by atoms with Gasteiger partial charge in [0.15, 0.2) is 0 Å². The Kier molecular flexibility index (Phi) is 4.41. The molecule has 1 N–H and O–H groups in total. The van der Waals surface area contributed by atoms with Crippen LogP contribution in [0.15, 0.2) is 24.3 Å². The van der Waals surface area contributed by atoms with E-state index >= 15 is 0 Å². The molecule has 1 aromatic carbocycles. The molecule has 0 spiro atoms. The standard InChI is InChI=1S/C17H22Cl2N2O/c1-16(12-17(16,18)19)15(22)20-8-4-9-21-10-7-13-5-2-3-6-14(13)11-21/h2-3,5-6H,4,7-12H2,1H3,(H,20,22)/t16-/m1/s1. The second-order valence-electron chi connectivity index (χ2n) is 6.62. The van der Waals surface area contributed by atoms with Crippen molar-refractivity contribution in [3.63, 3.8) is 0 Å². The van der Waals surface area contributed by atoms with Gasteiger partial charge in [0, 0.05) is 26.2 Å². The van der Waals surface area contributed by atoms with Crippen molar-refractivity contribution in [1.29, 1.82) is 0 Å². The zero-order valence-electron chi connectivity index (χ0n) is 12.9. The normalized spacial score (nSPS) is 26.3. The van der Waals surface area contributed by atoms with Crippen LogP contribution in [-0.4, -0.2) is 34.8 Å². The maximum absolute atomic E-state index is 12.1. The Morgan fingerprint density at radius 3 is 2.68 bits per heavy atom. The summed E-state index contributed by atoms with van der Waals surface area (Å²) in [6.45, 7) is 5.60. The molecule has 5 heteroatoms. The molecule has 3 nitrogen and oxygen atoms in total. The maximum Gasteiger partial charge on any atom is 0.229 e. The molecule has 0 radical (unpaired) electrons. The van der Waals surface area contributed by atoms with Crippen LogP contribution in [0.4, 0.5) is 0 Å². The largest absolute Gasteiger partial charge is 0.355 e. The Morgan fingerprint density at radius 2 is 2.00 bits per heavy atom. The number of fused-ring (bicyclic) bond motifs is 1. The predicted molar refractivity (Wildman–Crippen MR) is 90.2 cm³/mol. The molecule has 1 aliphatic heterocycles. The molecule has 1 saturated carbocycles. The van der Waals surface area contributed by atoms with Crippen LogP contribution >= 0.6 is 23.2 Å². The van der Waals surface area contributed by atoms with Gasteiger partial charge in [-0.25, -0.2) is 0 Å². The molecule has 0 unspecified atom stereocenters. The lowest BCUT2D eigenvalue weighted by Gasteiger charge is -2.28. The van der Waals surface area contributed by atoms with Crippen molar-refractivity contribution < 1.29 is 4.79 Å². The van der Waals surface area contributed by atoms with Crippen LogP contribution < -0.4 is 5.32 Å². The number of amides is 1. The van der Waals surface area contributed by atoms with Crippen molar-refractivity contribution in [2.24, 2.45) is 5.41 Å². The summed E-state index contributed by atoms with van der Waals surface area (Å²) in [6, 6.07) is 8.63. The van der Waals surface area contributed by atoms with Gasteiger partial charge in [0.25, 0.3) is 0 Å². The van der Waals surface area contributed by atoms with Crippen molar-refractivity contribution in [2.75, 3.05) is 19.6 Å². The van der Waals surface area contributed by atoms with Crippen LogP contribution in [0.1, 0.15) is 30.9 Å². The smallest absolute Gasteiger partial charge is 0.229 e. The lowest BCUT2D eigenvalue weighted by atomic mass is 10.00. The predicted octanol–water partition coefficient (Wildman–Crippen LogP) is 3.13. The lowest BCUT2D eigenvalue weighted by Crippen LogP contribution is -2.36. The highest BCUT2D eigenvalue weighted by Crippen LogP contribution is 2.63. The van der Waals surface area contributed by atoms with Crippen molar-refractivity contribution in [1.82, 2.24) is 10.2 Å². The van der Waals surface area contributed by atoms with Gasteiger partial charge < -0.3 is 5.32 Å². The Labute approximate surface area is 142 Å². The first-order chi connectivity index (χ1) is 10.4. The van der Waals surface area contributed by atoms with Gasteiger partial charge in [-0.05, 0) is 37.3 Å². The number of alkyl halides is 2. The highest BCUT2D eigenvalue weighted by molar-refractivity contribution is 6.53. The molecule has 1 aliphatic carbocycles. The van der Waals surface area contributed by atoms with E-state index in [2.05, 4.69) is 34.5 Å². The highest BCUT2D eigenvalue weighted by atomic mass is 35.5. The average Bonchev–Trinajstić information content (AvgIpc) is 3.03. The average molecular weight is 341 g/mol.